The van der Waals surface area contributed by atoms with Crippen molar-refractivity contribution in [3.8, 4) is 0 Å². The summed E-state index contributed by atoms with van der Waals surface area (Å²) in [7, 11) is 0. The number of fused-ring (bicyclic) bond motifs is 1. The zero-order valence-corrected chi connectivity index (χ0v) is 24.2. The van der Waals surface area contributed by atoms with Crippen LogP contribution >= 0.6 is 11.8 Å². The highest BCUT2D eigenvalue weighted by atomic mass is 32.2. The fraction of sp³-hybridized carbons (Fsp3) is 0.294. The van der Waals surface area contributed by atoms with Crippen LogP contribution in [0.15, 0.2) is 101 Å². The summed E-state index contributed by atoms with van der Waals surface area (Å²) in [5.74, 6) is -0.210. The number of carbonyl (C=O) groups excluding carboxylic acids is 2. The minimum atomic E-state index is -0.210. The van der Waals surface area contributed by atoms with Crippen molar-refractivity contribution in [2.45, 2.75) is 62.2 Å². The first-order valence-corrected chi connectivity index (χ1v) is 15.0. The number of nitrogens with one attached hydrogen (secondary N) is 1. The summed E-state index contributed by atoms with van der Waals surface area (Å²) in [6.45, 7) is 5.08. The van der Waals surface area contributed by atoms with E-state index in [4.69, 9.17) is 4.74 Å². The Labute approximate surface area is 241 Å². The topological polar surface area (TPSA) is 58.6 Å². The number of amides is 2. The number of hydrogen-bond donors (Lipinski definition) is 1. The van der Waals surface area contributed by atoms with Crippen molar-refractivity contribution in [2.24, 2.45) is 0 Å². The summed E-state index contributed by atoms with van der Waals surface area (Å²) in [4.78, 5) is 29.2. The lowest BCUT2D eigenvalue weighted by Crippen LogP contribution is -2.35. The highest BCUT2D eigenvalue weighted by Crippen LogP contribution is 2.30. The van der Waals surface area contributed by atoms with E-state index in [1.807, 2.05) is 78.6 Å². The summed E-state index contributed by atoms with van der Waals surface area (Å²) >= 11 is 1.65. The lowest BCUT2D eigenvalue weighted by atomic mass is 10.1. The molecule has 0 saturated carbocycles. The van der Waals surface area contributed by atoms with Gasteiger partial charge >= 0.3 is 12.0 Å². The third-order valence-electron chi connectivity index (χ3n) is 6.69. The van der Waals surface area contributed by atoms with Crippen LogP contribution in [0.3, 0.4) is 0 Å². The van der Waals surface area contributed by atoms with Crippen LogP contribution in [0.1, 0.15) is 51.5 Å². The molecular weight excluding hydrogens is 516 g/mol. The molecule has 208 valence electrons. The number of esters is 1. The quantitative estimate of drug-likeness (QED) is 0.132. The molecule has 0 aliphatic carbocycles. The average Bonchev–Trinajstić information content (AvgIpc) is 2.96. The van der Waals surface area contributed by atoms with Crippen LogP contribution in [0.25, 0.3) is 10.8 Å². The zero-order chi connectivity index (χ0) is 28.2. The second-order valence-corrected chi connectivity index (χ2v) is 10.9. The summed E-state index contributed by atoms with van der Waals surface area (Å²) in [5.41, 5.74) is 2.60. The lowest BCUT2D eigenvalue weighted by molar-refractivity contribution is -0.142. The van der Waals surface area contributed by atoms with E-state index in [9.17, 15) is 9.59 Å². The molecule has 0 unspecified atom stereocenters. The Morgan fingerprint density at radius 1 is 0.775 bits per heavy atom. The highest BCUT2D eigenvalue weighted by Gasteiger charge is 2.16. The maximum absolute atomic E-state index is 13.5. The Bertz CT molecular complexity index is 1390. The van der Waals surface area contributed by atoms with Gasteiger partial charge < -0.3 is 10.1 Å². The standard InChI is InChI=1S/C34H38N2O3S/c1-3-5-6-7-10-23-36(34(38)35-29-16-15-27-11-8-9-12-28(27)25-29)30-17-21-32(22-18-30)40-31-19-13-26(14-20-31)24-33(37)39-4-2/h8-9,11-22,25H,3-7,10,23-24H2,1-2H3,(H,35,38). The van der Waals surface area contributed by atoms with Gasteiger partial charge in [0.05, 0.1) is 13.0 Å². The van der Waals surface area contributed by atoms with E-state index in [1.54, 1.807) is 11.8 Å². The first kappa shape index (κ1) is 29.2. The van der Waals surface area contributed by atoms with Gasteiger partial charge in [-0.1, -0.05) is 86.8 Å². The van der Waals surface area contributed by atoms with Gasteiger partial charge in [0.2, 0.25) is 0 Å². The van der Waals surface area contributed by atoms with Gasteiger partial charge in [0.1, 0.15) is 0 Å². The van der Waals surface area contributed by atoms with Crippen LogP contribution in [-0.4, -0.2) is 25.2 Å². The Morgan fingerprint density at radius 3 is 2.15 bits per heavy atom. The van der Waals surface area contributed by atoms with Crippen molar-refractivity contribution in [1.82, 2.24) is 0 Å². The molecule has 0 atom stereocenters. The summed E-state index contributed by atoms with van der Waals surface area (Å²) < 4.78 is 5.03. The molecule has 6 heteroatoms. The molecule has 5 nitrogen and oxygen atoms in total. The molecule has 0 radical (unpaired) electrons. The van der Waals surface area contributed by atoms with Gasteiger partial charge in [-0.3, -0.25) is 9.69 Å². The van der Waals surface area contributed by atoms with Gasteiger partial charge in [-0.15, -0.1) is 0 Å². The first-order chi connectivity index (χ1) is 19.6. The van der Waals surface area contributed by atoms with Crippen LogP contribution in [0.5, 0.6) is 0 Å². The number of unbranched alkanes of at least 4 members (excludes halogenated alkanes) is 4. The van der Waals surface area contributed by atoms with Crippen LogP contribution in [0.2, 0.25) is 0 Å². The minimum absolute atomic E-state index is 0.122. The lowest BCUT2D eigenvalue weighted by Gasteiger charge is -2.24. The predicted molar refractivity (Wildman–Crippen MR) is 166 cm³/mol. The summed E-state index contributed by atoms with van der Waals surface area (Å²) in [6.07, 6.45) is 5.94. The Hall–Kier alpha value is -3.77. The molecular formula is C34H38N2O3S. The summed E-state index contributed by atoms with van der Waals surface area (Å²) in [5, 5.41) is 5.36. The zero-order valence-electron chi connectivity index (χ0n) is 23.4. The number of rotatable bonds is 13. The van der Waals surface area contributed by atoms with Gasteiger partial charge in [0.25, 0.3) is 0 Å². The highest BCUT2D eigenvalue weighted by molar-refractivity contribution is 7.99. The molecule has 0 bridgehead atoms. The minimum Gasteiger partial charge on any atom is -0.466 e. The van der Waals surface area contributed by atoms with Crippen molar-refractivity contribution in [2.75, 3.05) is 23.4 Å². The van der Waals surface area contributed by atoms with Crippen molar-refractivity contribution in [3.05, 3.63) is 96.6 Å². The van der Waals surface area contributed by atoms with E-state index >= 15 is 0 Å². The van der Waals surface area contributed by atoms with Crippen LogP contribution < -0.4 is 10.2 Å². The fourth-order valence-corrected chi connectivity index (χ4v) is 5.38. The van der Waals surface area contributed by atoms with E-state index in [0.29, 0.717) is 13.2 Å². The number of urea groups is 1. The van der Waals surface area contributed by atoms with Crippen LogP contribution in [0, 0.1) is 0 Å². The molecule has 4 rings (SSSR count). The molecule has 0 saturated heterocycles. The van der Waals surface area contributed by atoms with Crippen molar-refractivity contribution >= 4 is 45.9 Å². The van der Waals surface area contributed by atoms with Crippen molar-refractivity contribution < 1.29 is 14.3 Å². The number of hydrogen-bond acceptors (Lipinski definition) is 4. The first-order valence-electron chi connectivity index (χ1n) is 14.2. The number of anilines is 2. The molecule has 1 N–H and O–H groups in total. The van der Waals surface area contributed by atoms with Gasteiger partial charge in [0, 0.05) is 27.7 Å². The van der Waals surface area contributed by atoms with E-state index in [2.05, 4.69) is 36.5 Å². The average molecular weight is 555 g/mol. The van der Waals surface area contributed by atoms with Crippen LogP contribution in [-0.2, 0) is 16.0 Å². The van der Waals surface area contributed by atoms with Gasteiger partial charge in [-0.05, 0) is 78.2 Å². The monoisotopic (exact) mass is 554 g/mol. The van der Waals surface area contributed by atoms with Gasteiger partial charge in [-0.2, -0.15) is 0 Å². The molecule has 0 fully saturated rings. The summed E-state index contributed by atoms with van der Waals surface area (Å²) in [6, 6.07) is 30.2. The third kappa shape index (κ3) is 8.62. The normalized spacial score (nSPS) is 10.8. The largest absolute Gasteiger partial charge is 0.466 e. The fourth-order valence-electron chi connectivity index (χ4n) is 4.56. The Kier molecular flexibility index (Phi) is 11.1. The molecule has 4 aromatic rings. The Morgan fingerprint density at radius 2 is 1.45 bits per heavy atom. The molecule has 40 heavy (non-hydrogen) atoms. The molecule has 0 aliphatic heterocycles. The van der Waals surface area contributed by atoms with E-state index < -0.39 is 0 Å². The number of ether oxygens (including phenoxy) is 1. The number of carbonyl (C=O) groups is 2. The molecule has 2 amide bonds. The second kappa shape index (κ2) is 15.1. The maximum Gasteiger partial charge on any atom is 0.326 e. The molecule has 0 heterocycles. The molecule has 0 aliphatic rings. The second-order valence-electron chi connectivity index (χ2n) is 9.78. The van der Waals surface area contributed by atoms with Gasteiger partial charge in [0.15, 0.2) is 0 Å². The van der Waals surface area contributed by atoms with Crippen molar-refractivity contribution in [3.63, 3.8) is 0 Å². The van der Waals surface area contributed by atoms with Gasteiger partial charge in [-0.25, -0.2) is 4.79 Å². The van der Waals surface area contributed by atoms with Crippen molar-refractivity contribution in [1.29, 1.82) is 0 Å². The van der Waals surface area contributed by atoms with E-state index in [-0.39, 0.29) is 18.4 Å². The molecule has 4 aromatic carbocycles. The van der Waals surface area contributed by atoms with E-state index in [1.165, 1.54) is 19.3 Å². The van der Waals surface area contributed by atoms with E-state index in [0.717, 1.165) is 50.3 Å². The smallest absolute Gasteiger partial charge is 0.326 e. The third-order valence-corrected chi connectivity index (χ3v) is 7.71. The predicted octanol–water partition coefficient (Wildman–Crippen LogP) is 9.11. The maximum atomic E-state index is 13.5. The number of nitrogens with zero attached hydrogens (tertiary/aromatic N) is 1. The SMILES string of the molecule is CCCCCCCN(C(=O)Nc1ccc2ccccc2c1)c1ccc(Sc2ccc(CC(=O)OCC)cc2)cc1. The molecule has 0 spiro atoms. The Balaban J connectivity index is 1.43. The molecule has 0 aromatic heterocycles. The number of benzene rings is 4. The van der Waals surface area contributed by atoms with Crippen LogP contribution in [0.4, 0.5) is 16.2 Å².